The Kier molecular flexibility index (Phi) is 2.78. The third-order valence-electron chi connectivity index (χ3n) is 3.31. The Morgan fingerprint density at radius 3 is 2.44 bits per heavy atom. The molecule has 2 rings (SSSR count). The molecule has 18 heavy (non-hydrogen) atoms. The van der Waals surface area contributed by atoms with Crippen molar-refractivity contribution in [3.8, 4) is 0 Å². The van der Waals surface area contributed by atoms with Crippen LogP contribution in [0.1, 0.15) is 20.8 Å². The summed E-state index contributed by atoms with van der Waals surface area (Å²) in [5, 5.41) is 13.1. The maximum atomic E-state index is 12.0. The molecular formula is C11H19N3O4. The fourth-order valence-corrected chi connectivity index (χ4v) is 2.35. The second-order valence-corrected chi connectivity index (χ2v) is 5.85. The summed E-state index contributed by atoms with van der Waals surface area (Å²) >= 11 is 0. The molecule has 7 heteroatoms. The molecule has 0 saturated carbocycles. The van der Waals surface area contributed by atoms with Crippen molar-refractivity contribution in [3.63, 3.8) is 0 Å². The topological polar surface area (TPSA) is 105 Å². The second kappa shape index (κ2) is 3.83. The van der Waals surface area contributed by atoms with Crippen molar-refractivity contribution in [1.29, 1.82) is 0 Å². The SMILES string of the molecule is CC(C)(C)OC(=O)N1CC(O)(C(N)=O)[C@@H]2NC[C@@H]21. The van der Waals surface area contributed by atoms with E-state index in [0.717, 1.165) is 0 Å². The van der Waals surface area contributed by atoms with Crippen molar-refractivity contribution in [2.24, 2.45) is 5.73 Å². The van der Waals surface area contributed by atoms with E-state index in [1.165, 1.54) is 4.90 Å². The normalized spacial score (nSPS) is 34.8. The number of hydrogen-bond donors (Lipinski definition) is 3. The van der Waals surface area contributed by atoms with Crippen LogP contribution in [0.3, 0.4) is 0 Å². The lowest BCUT2D eigenvalue weighted by Crippen LogP contribution is -2.68. The summed E-state index contributed by atoms with van der Waals surface area (Å²) in [4.78, 5) is 24.7. The van der Waals surface area contributed by atoms with Crippen LogP contribution in [0.2, 0.25) is 0 Å². The number of hydrogen-bond acceptors (Lipinski definition) is 5. The molecule has 3 atom stereocenters. The van der Waals surface area contributed by atoms with Crippen LogP contribution in [-0.4, -0.2) is 58.4 Å². The maximum Gasteiger partial charge on any atom is 0.410 e. The van der Waals surface area contributed by atoms with Gasteiger partial charge in [-0.15, -0.1) is 0 Å². The molecule has 0 aromatic rings. The highest BCUT2D eigenvalue weighted by Crippen LogP contribution is 2.33. The van der Waals surface area contributed by atoms with Gasteiger partial charge in [-0.25, -0.2) is 4.79 Å². The molecule has 7 nitrogen and oxygen atoms in total. The largest absolute Gasteiger partial charge is 0.444 e. The zero-order valence-electron chi connectivity index (χ0n) is 10.8. The Balaban J connectivity index is 2.13. The minimum atomic E-state index is -1.71. The zero-order chi connectivity index (χ0) is 13.7. The van der Waals surface area contributed by atoms with Crippen LogP contribution in [0.4, 0.5) is 4.79 Å². The van der Waals surface area contributed by atoms with Gasteiger partial charge >= 0.3 is 6.09 Å². The van der Waals surface area contributed by atoms with Gasteiger partial charge in [-0.2, -0.15) is 0 Å². The number of carbonyl (C=O) groups excluding carboxylic acids is 2. The Labute approximate surface area is 105 Å². The van der Waals surface area contributed by atoms with Crippen molar-refractivity contribution >= 4 is 12.0 Å². The lowest BCUT2D eigenvalue weighted by molar-refractivity contribution is -0.137. The van der Waals surface area contributed by atoms with E-state index in [1.807, 2.05) is 0 Å². The molecule has 0 aromatic carbocycles. The van der Waals surface area contributed by atoms with E-state index >= 15 is 0 Å². The highest BCUT2D eigenvalue weighted by Gasteiger charge is 2.61. The number of nitrogens with one attached hydrogen (secondary N) is 1. The van der Waals surface area contributed by atoms with Crippen LogP contribution in [0, 0.1) is 0 Å². The second-order valence-electron chi connectivity index (χ2n) is 5.85. The first-order valence-corrected chi connectivity index (χ1v) is 5.90. The van der Waals surface area contributed by atoms with Crippen molar-refractivity contribution < 1.29 is 19.4 Å². The van der Waals surface area contributed by atoms with Gasteiger partial charge in [-0.05, 0) is 20.8 Å². The molecule has 2 saturated heterocycles. The van der Waals surface area contributed by atoms with Crippen LogP contribution in [0.5, 0.6) is 0 Å². The standard InChI is InChI=1S/C11H19N3O4/c1-10(2,3)18-9(16)14-5-11(17,8(12)15)7-6(14)4-13-7/h6-7,13,17H,4-5H2,1-3H3,(H2,12,15)/t6-,7+,11?/m0/s1. The summed E-state index contributed by atoms with van der Waals surface area (Å²) in [5.41, 5.74) is 2.88. The highest BCUT2D eigenvalue weighted by atomic mass is 16.6. The van der Waals surface area contributed by atoms with Gasteiger partial charge in [0.2, 0.25) is 0 Å². The number of ether oxygens (including phenoxy) is 1. The van der Waals surface area contributed by atoms with Crippen molar-refractivity contribution in [1.82, 2.24) is 10.2 Å². The van der Waals surface area contributed by atoms with E-state index in [2.05, 4.69) is 5.32 Å². The van der Waals surface area contributed by atoms with Crippen LogP contribution in [0.15, 0.2) is 0 Å². The van der Waals surface area contributed by atoms with Crippen LogP contribution in [0.25, 0.3) is 0 Å². The molecule has 2 aliphatic heterocycles. The lowest BCUT2D eigenvalue weighted by Gasteiger charge is -2.39. The quantitative estimate of drug-likeness (QED) is 0.547. The third-order valence-corrected chi connectivity index (χ3v) is 3.31. The van der Waals surface area contributed by atoms with Gasteiger partial charge in [0.1, 0.15) is 5.60 Å². The molecule has 0 radical (unpaired) electrons. The van der Waals surface area contributed by atoms with Gasteiger partial charge in [-0.1, -0.05) is 0 Å². The molecule has 0 aromatic heterocycles. The van der Waals surface area contributed by atoms with Gasteiger partial charge in [0.25, 0.3) is 5.91 Å². The zero-order valence-corrected chi connectivity index (χ0v) is 10.8. The predicted molar refractivity (Wildman–Crippen MR) is 62.7 cm³/mol. The number of aliphatic hydroxyl groups is 1. The number of nitrogens with two attached hydrogens (primary N) is 1. The molecule has 1 unspecified atom stereocenters. The summed E-state index contributed by atoms with van der Waals surface area (Å²) in [6.07, 6.45) is -0.531. The fourth-order valence-electron chi connectivity index (χ4n) is 2.35. The highest BCUT2D eigenvalue weighted by molar-refractivity contribution is 5.87. The van der Waals surface area contributed by atoms with Gasteiger partial charge in [0.05, 0.1) is 18.6 Å². The fraction of sp³-hybridized carbons (Fsp3) is 0.818. The molecule has 0 bridgehead atoms. The first-order valence-electron chi connectivity index (χ1n) is 5.90. The molecule has 2 aliphatic rings. The molecule has 2 amide bonds. The van der Waals surface area contributed by atoms with Crippen LogP contribution in [-0.2, 0) is 9.53 Å². The summed E-state index contributed by atoms with van der Waals surface area (Å²) in [6, 6.07) is -0.736. The number of β-amino-alcohol motifs (C(OH)–C–C–N with tert-alkyl or cyclic N) is 1. The summed E-state index contributed by atoms with van der Waals surface area (Å²) < 4.78 is 5.24. The molecular weight excluding hydrogens is 238 g/mol. The Bertz CT molecular complexity index is 392. The average Bonchev–Trinajstić information content (AvgIpc) is 2.30. The number of primary amides is 1. The van der Waals surface area contributed by atoms with Crippen molar-refractivity contribution in [2.45, 2.75) is 44.1 Å². The average molecular weight is 257 g/mol. The summed E-state index contributed by atoms with van der Waals surface area (Å²) in [6.45, 7) is 5.69. The third kappa shape index (κ3) is 1.93. The van der Waals surface area contributed by atoms with E-state index in [4.69, 9.17) is 10.5 Å². The maximum absolute atomic E-state index is 12.0. The van der Waals surface area contributed by atoms with Gasteiger partial charge in [-0.3, -0.25) is 9.69 Å². The number of likely N-dealkylation sites (tertiary alicyclic amines) is 1. The van der Waals surface area contributed by atoms with E-state index in [0.29, 0.717) is 6.54 Å². The summed E-state index contributed by atoms with van der Waals surface area (Å²) in [5.74, 6) is -0.823. The van der Waals surface area contributed by atoms with Crippen molar-refractivity contribution in [2.75, 3.05) is 13.1 Å². The summed E-state index contributed by atoms with van der Waals surface area (Å²) in [7, 11) is 0. The number of rotatable bonds is 1. The van der Waals surface area contributed by atoms with Gasteiger partial charge in [0, 0.05) is 6.54 Å². The van der Waals surface area contributed by atoms with Crippen LogP contribution >= 0.6 is 0 Å². The minimum absolute atomic E-state index is 0.125. The number of amides is 2. The molecule has 4 N–H and O–H groups in total. The van der Waals surface area contributed by atoms with E-state index in [1.54, 1.807) is 20.8 Å². The molecule has 0 aliphatic carbocycles. The molecule has 0 spiro atoms. The lowest BCUT2D eigenvalue weighted by atomic mass is 9.88. The van der Waals surface area contributed by atoms with Gasteiger partial charge in [0.15, 0.2) is 5.60 Å². The van der Waals surface area contributed by atoms with E-state index in [-0.39, 0.29) is 12.6 Å². The number of nitrogens with zero attached hydrogens (tertiary/aromatic N) is 1. The minimum Gasteiger partial charge on any atom is -0.444 e. The molecule has 102 valence electrons. The number of fused-ring (bicyclic) bond motifs is 1. The Hall–Kier alpha value is -1.34. The Morgan fingerprint density at radius 1 is 1.50 bits per heavy atom. The monoisotopic (exact) mass is 257 g/mol. The van der Waals surface area contributed by atoms with Gasteiger partial charge < -0.3 is 20.9 Å². The first kappa shape index (κ1) is 13.1. The number of carbonyl (C=O) groups is 2. The van der Waals surface area contributed by atoms with E-state index in [9.17, 15) is 14.7 Å². The smallest absolute Gasteiger partial charge is 0.410 e. The van der Waals surface area contributed by atoms with E-state index < -0.39 is 29.2 Å². The molecule has 2 fully saturated rings. The molecule has 2 heterocycles. The first-order chi connectivity index (χ1) is 8.15. The van der Waals surface area contributed by atoms with Crippen molar-refractivity contribution in [3.05, 3.63) is 0 Å². The Morgan fingerprint density at radius 2 is 2.11 bits per heavy atom. The van der Waals surface area contributed by atoms with Crippen LogP contribution < -0.4 is 11.1 Å². The predicted octanol–water partition coefficient (Wildman–Crippen LogP) is -1.21.